The number of benzene rings is 1. The summed E-state index contributed by atoms with van der Waals surface area (Å²) in [4.78, 5) is 25.1. The highest BCUT2D eigenvalue weighted by Gasteiger charge is 2.13. The molecule has 0 fully saturated rings. The number of carbonyl (C=O) groups is 2. The van der Waals surface area contributed by atoms with Crippen LogP contribution >= 0.6 is 0 Å². The molecular weight excluding hydrogens is 240 g/mol. The molecule has 4 heteroatoms. The third-order valence-corrected chi connectivity index (χ3v) is 2.92. The summed E-state index contributed by atoms with van der Waals surface area (Å²) in [6.07, 6.45) is 1.89. The normalized spacial score (nSPS) is 10.1. The van der Waals surface area contributed by atoms with E-state index in [1.165, 1.54) is 0 Å². The van der Waals surface area contributed by atoms with Crippen LogP contribution in [0, 0.1) is 6.92 Å². The number of nitrogens with zero attached hydrogens (tertiary/aromatic N) is 1. The lowest BCUT2D eigenvalue weighted by molar-refractivity contribution is -0.133. The van der Waals surface area contributed by atoms with Crippen LogP contribution in [0.25, 0.3) is 0 Å². The van der Waals surface area contributed by atoms with E-state index in [0.717, 1.165) is 24.1 Å². The van der Waals surface area contributed by atoms with Gasteiger partial charge in [0.2, 0.25) is 11.8 Å². The number of anilines is 1. The van der Waals surface area contributed by atoms with Crippen molar-refractivity contribution in [1.82, 2.24) is 4.90 Å². The monoisotopic (exact) mass is 262 g/mol. The van der Waals surface area contributed by atoms with Gasteiger partial charge in [-0.25, -0.2) is 0 Å². The van der Waals surface area contributed by atoms with E-state index in [-0.39, 0.29) is 18.2 Å². The summed E-state index contributed by atoms with van der Waals surface area (Å²) in [5.41, 5.74) is 1.85. The van der Waals surface area contributed by atoms with Crippen LogP contribution in [0.4, 0.5) is 5.69 Å². The van der Waals surface area contributed by atoms with Gasteiger partial charge in [-0.2, -0.15) is 0 Å². The predicted octanol–water partition coefficient (Wildman–Crippen LogP) is 2.58. The molecular formula is C15H22N2O2. The molecule has 1 aromatic rings. The topological polar surface area (TPSA) is 49.4 Å². The van der Waals surface area contributed by atoms with Gasteiger partial charge in [-0.1, -0.05) is 31.0 Å². The van der Waals surface area contributed by atoms with Crippen LogP contribution in [0.2, 0.25) is 0 Å². The standard InChI is InChI=1S/C15H22N2O2/c1-4-5-10-17(3)15(19)11-14(18)16-13-8-6-12(2)7-9-13/h6-9H,4-5,10-11H2,1-3H3,(H,16,18). The van der Waals surface area contributed by atoms with Crippen molar-refractivity contribution in [3.8, 4) is 0 Å². The van der Waals surface area contributed by atoms with E-state index in [0.29, 0.717) is 6.54 Å². The quantitative estimate of drug-likeness (QED) is 0.801. The van der Waals surface area contributed by atoms with Crippen molar-refractivity contribution < 1.29 is 9.59 Å². The van der Waals surface area contributed by atoms with Gasteiger partial charge < -0.3 is 10.2 Å². The maximum absolute atomic E-state index is 11.8. The Labute approximate surface area is 114 Å². The van der Waals surface area contributed by atoms with E-state index in [1.807, 2.05) is 31.2 Å². The second-order valence-electron chi connectivity index (χ2n) is 4.76. The fraction of sp³-hybridized carbons (Fsp3) is 0.467. The van der Waals surface area contributed by atoms with E-state index in [4.69, 9.17) is 0 Å². The molecule has 0 unspecified atom stereocenters. The Balaban J connectivity index is 2.42. The molecule has 0 aliphatic rings. The van der Waals surface area contributed by atoms with Crippen molar-refractivity contribution in [2.45, 2.75) is 33.1 Å². The summed E-state index contributed by atoms with van der Waals surface area (Å²) >= 11 is 0. The largest absolute Gasteiger partial charge is 0.345 e. The summed E-state index contributed by atoms with van der Waals surface area (Å²) in [5.74, 6) is -0.407. The van der Waals surface area contributed by atoms with Crippen molar-refractivity contribution >= 4 is 17.5 Å². The van der Waals surface area contributed by atoms with Crippen LogP contribution in [0.1, 0.15) is 31.7 Å². The highest BCUT2D eigenvalue weighted by molar-refractivity contribution is 6.03. The number of aryl methyl sites for hydroxylation is 1. The lowest BCUT2D eigenvalue weighted by Gasteiger charge is -2.16. The zero-order valence-corrected chi connectivity index (χ0v) is 11.9. The van der Waals surface area contributed by atoms with Gasteiger partial charge in [-0.15, -0.1) is 0 Å². The lowest BCUT2D eigenvalue weighted by Crippen LogP contribution is -2.31. The molecule has 0 radical (unpaired) electrons. The van der Waals surface area contributed by atoms with E-state index in [1.54, 1.807) is 11.9 Å². The molecule has 2 amide bonds. The van der Waals surface area contributed by atoms with Crippen LogP contribution in [-0.4, -0.2) is 30.3 Å². The van der Waals surface area contributed by atoms with Crippen LogP contribution in [0.3, 0.4) is 0 Å². The smallest absolute Gasteiger partial charge is 0.233 e. The summed E-state index contributed by atoms with van der Waals surface area (Å²) in [7, 11) is 1.73. The Morgan fingerprint density at radius 3 is 2.42 bits per heavy atom. The first-order valence-electron chi connectivity index (χ1n) is 6.63. The summed E-state index contributed by atoms with van der Waals surface area (Å²) in [6, 6.07) is 7.51. The second kappa shape index (κ2) is 7.56. The van der Waals surface area contributed by atoms with Crippen molar-refractivity contribution in [3.63, 3.8) is 0 Å². The van der Waals surface area contributed by atoms with Crippen LogP contribution in [0.15, 0.2) is 24.3 Å². The Kier molecular flexibility index (Phi) is 6.06. The number of rotatable bonds is 6. The van der Waals surface area contributed by atoms with Crippen molar-refractivity contribution in [3.05, 3.63) is 29.8 Å². The fourth-order valence-electron chi connectivity index (χ4n) is 1.63. The van der Waals surface area contributed by atoms with E-state index in [2.05, 4.69) is 12.2 Å². The molecule has 0 aliphatic heterocycles. The maximum Gasteiger partial charge on any atom is 0.233 e. The van der Waals surface area contributed by atoms with E-state index in [9.17, 15) is 9.59 Å². The summed E-state index contributed by atoms with van der Waals surface area (Å²) < 4.78 is 0. The lowest BCUT2D eigenvalue weighted by atomic mass is 10.2. The SMILES string of the molecule is CCCCN(C)C(=O)CC(=O)Nc1ccc(C)cc1. The molecule has 0 heterocycles. The highest BCUT2D eigenvalue weighted by atomic mass is 16.2. The van der Waals surface area contributed by atoms with Gasteiger partial charge in [-0.05, 0) is 25.5 Å². The van der Waals surface area contributed by atoms with Crippen molar-refractivity contribution in [1.29, 1.82) is 0 Å². The third-order valence-electron chi connectivity index (χ3n) is 2.92. The number of hydrogen-bond donors (Lipinski definition) is 1. The molecule has 1 aromatic carbocycles. The molecule has 1 rings (SSSR count). The van der Waals surface area contributed by atoms with Crippen molar-refractivity contribution in [2.75, 3.05) is 18.9 Å². The van der Waals surface area contributed by atoms with Gasteiger partial charge >= 0.3 is 0 Å². The maximum atomic E-state index is 11.8. The molecule has 0 spiro atoms. The minimum atomic E-state index is -0.266. The Bertz CT molecular complexity index is 426. The van der Waals surface area contributed by atoms with Gasteiger partial charge in [0.1, 0.15) is 6.42 Å². The molecule has 0 saturated carbocycles. The number of nitrogens with one attached hydrogen (secondary N) is 1. The van der Waals surface area contributed by atoms with Crippen molar-refractivity contribution in [2.24, 2.45) is 0 Å². The molecule has 4 nitrogen and oxygen atoms in total. The average molecular weight is 262 g/mol. The molecule has 0 bridgehead atoms. The van der Waals surface area contributed by atoms with Crippen LogP contribution < -0.4 is 5.32 Å². The molecule has 0 aliphatic carbocycles. The van der Waals surface area contributed by atoms with Gasteiger partial charge in [0, 0.05) is 19.3 Å². The summed E-state index contributed by atoms with van der Waals surface area (Å²) in [5, 5.41) is 2.72. The summed E-state index contributed by atoms with van der Waals surface area (Å²) in [6.45, 7) is 4.76. The number of amides is 2. The first kappa shape index (κ1) is 15.2. The van der Waals surface area contributed by atoms with Crippen LogP contribution in [0.5, 0.6) is 0 Å². The van der Waals surface area contributed by atoms with E-state index >= 15 is 0 Å². The minimum Gasteiger partial charge on any atom is -0.345 e. The first-order valence-corrected chi connectivity index (χ1v) is 6.63. The molecule has 19 heavy (non-hydrogen) atoms. The Morgan fingerprint density at radius 1 is 1.21 bits per heavy atom. The molecule has 104 valence electrons. The predicted molar refractivity (Wildman–Crippen MR) is 77.0 cm³/mol. The minimum absolute atomic E-state index is 0.103. The highest BCUT2D eigenvalue weighted by Crippen LogP contribution is 2.09. The van der Waals surface area contributed by atoms with Gasteiger partial charge in [0.05, 0.1) is 0 Å². The Morgan fingerprint density at radius 2 is 1.84 bits per heavy atom. The molecule has 0 atom stereocenters. The zero-order valence-electron chi connectivity index (χ0n) is 11.9. The van der Waals surface area contributed by atoms with Crippen LogP contribution in [-0.2, 0) is 9.59 Å². The number of hydrogen-bond acceptors (Lipinski definition) is 2. The van der Waals surface area contributed by atoms with Gasteiger partial charge in [-0.3, -0.25) is 9.59 Å². The zero-order chi connectivity index (χ0) is 14.3. The van der Waals surface area contributed by atoms with Gasteiger partial charge in [0.25, 0.3) is 0 Å². The molecule has 1 N–H and O–H groups in total. The fourth-order valence-corrected chi connectivity index (χ4v) is 1.63. The average Bonchev–Trinajstić information content (AvgIpc) is 2.38. The van der Waals surface area contributed by atoms with Gasteiger partial charge in [0.15, 0.2) is 0 Å². The number of carbonyl (C=O) groups excluding carboxylic acids is 2. The molecule has 0 aromatic heterocycles. The third kappa shape index (κ3) is 5.55. The Hall–Kier alpha value is -1.84. The number of unbranched alkanes of at least 4 members (excludes halogenated alkanes) is 1. The molecule has 0 saturated heterocycles. The second-order valence-corrected chi connectivity index (χ2v) is 4.76. The van der Waals surface area contributed by atoms with E-state index < -0.39 is 0 Å². The first-order chi connectivity index (χ1) is 9.02.